The van der Waals surface area contributed by atoms with Crippen molar-refractivity contribution in [2.75, 3.05) is 18.1 Å². The minimum Gasteiger partial charge on any atom is -0.482 e. The normalized spacial score (nSPS) is 20.2. The van der Waals surface area contributed by atoms with E-state index in [1.54, 1.807) is 0 Å². The molecular weight excluding hydrogens is 214 g/mol. The molecule has 2 aliphatic rings. The number of para-hydroxylation sites is 2. The van der Waals surface area contributed by atoms with Gasteiger partial charge >= 0.3 is 0 Å². The van der Waals surface area contributed by atoms with Gasteiger partial charge in [0.05, 0.1) is 5.69 Å². The first-order valence-corrected chi connectivity index (χ1v) is 6.37. The van der Waals surface area contributed by atoms with Gasteiger partial charge in [0.25, 0.3) is 5.91 Å². The summed E-state index contributed by atoms with van der Waals surface area (Å²) in [5, 5.41) is 0. The molecule has 1 aromatic rings. The molecule has 1 heterocycles. The smallest absolute Gasteiger partial charge is 0.265 e. The number of fused-ring (bicyclic) bond motifs is 1. The van der Waals surface area contributed by atoms with Crippen LogP contribution in [0, 0.1) is 5.92 Å². The molecule has 1 amide bonds. The minimum absolute atomic E-state index is 0.0931. The van der Waals surface area contributed by atoms with Gasteiger partial charge in [-0.1, -0.05) is 25.0 Å². The molecular formula is C14H17NO2. The fourth-order valence-electron chi connectivity index (χ4n) is 2.81. The molecule has 1 aliphatic carbocycles. The average Bonchev–Trinajstić information content (AvgIpc) is 2.86. The summed E-state index contributed by atoms with van der Waals surface area (Å²) in [5.41, 5.74) is 0.940. The molecule has 1 aromatic carbocycles. The van der Waals surface area contributed by atoms with E-state index in [2.05, 4.69) is 0 Å². The van der Waals surface area contributed by atoms with Crippen molar-refractivity contribution in [3.8, 4) is 5.75 Å². The standard InChI is InChI=1S/C14H17NO2/c16-14-10-17-13-8-4-3-7-12(13)15(14)9-11-5-1-2-6-11/h3-4,7-8,11H,1-2,5-6,9-10H2. The fourth-order valence-corrected chi connectivity index (χ4v) is 2.81. The summed E-state index contributed by atoms with van der Waals surface area (Å²) in [5.74, 6) is 1.60. The summed E-state index contributed by atoms with van der Waals surface area (Å²) in [6, 6.07) is 7.82. The number of hydrogen-bond donors (Lipinski definition) is 0. The molecule has 0 aromatic heterocycles. The van der Waals surface area contributed by atoms with Gasteiger partial charge in [0.2, 0.25) is 0 Å². The highest BCUT2D eigenvalue weighted by molar-refractivity contribution is 5.97. The van der Waals surface area contributed by atoms with Crippen LogP contribution in [0.25, 0.3) is 0 Å². The van der Waals surface area contributed by atoms with Gasteiger partial charge in [-0.05, 0) is 30.9 Å². The Labute approximate surface area is 101 Å². The molecule has 3 rings (SSSR count). The lowest BCUT2D eigenvalue weighted by atomic mass is 10.1. The monoisotopic (exact) mass is 231 g/mol. The van der Waals surface area contributed by atoms with Crippen LogP contribution in [0.1, 0.15) is 25.7 Å². The number of ether oxygens (including phenoxy) is 1. The molecule has 0 saturated heterocycles. The predicted molar refractivity (Wildman–Crippen MR) is 66.2 cm³/mol. The summed E-state index contributed by atoms with van der Waals surface area (Å²) in [7, 11) is 0. The maximum Gasteiger partial charge on any atom is 0.265 e. The molecule has 0 bridgehead atoms. The molecule has 1 fully saturated rings. The average molecular weight is 231 g/mol. The fraction of sp³-hybridized carbons (Fsp3) is 0.500. The van der Waals surface area contributed by atoms with Crippen LogP contribution in [0.2, 0.25) is 0 Å². The Morgan fingerprint density at radius 2 is 2.00 bits per heavy atom. The molecule has 0 N–H and O–H groups in total. The van der Waals surface area contributed by atoms with Crippen LogP contribution in [0.5, 0.6) is 5.75 Å². The quantitative estimate of drug-likeness (QED) is 0.783. The zero-order chi connectivity index (χ0) is 11.7. The third kappa shape index (κ3) is 2.02. The van der Waals surface area contributed by atoms with E-state index in [9.17, 15) is 4.79 Å². The topological polar surface area (TPSA) is 29.5 Å². The third-order valence-corrected chi connectivity index (χ3v) is 3.72. The van der Waals surface area contributed by atoms with E-state index in [1.165, 1.54) is 25.7 Å². The first-order valence-electron chi connectivity index (χ1n) is 6.37. The summed E-state index contributed by atoms with van der Waals surface area (Å²) >= 11 is 0. The van der Waals surface area contributed by atoms with E-state index in [1.807, 2.05) is 29.2 Å². The lowest BCUT2D eigenvalue weighted by molar-refractivity contribution is -0.121. The Bertz CT molecular complexity index is 424. The second-order valence-corrected chi connectivity index (χ2v) is 4.91. The molecule has 3 heteroatoms. The zero-order valence-electron chi connectivity index (χ0n) is 9.89. The Balaban J connectivity index is 1.84. The molecule has 0 atom stereocenters. The second-order valence-electron chi connectivity index (χ2n) is 4.91. The summed E-state index contributed by atoms with van der Waals surface area (Å²) < 4.78 is 5.44. The number of rotatable bonds is 2. The molecule has 3 nitrogen and oxygen atoms in total. The molecule has 0 spiro atoms. The molecule has 1 aliphatic heterocycles. The van der Waals surface area contributed by atoms with E-state index >= 15 is 0 Å². The number of nitrogens with zero attached hydrogens (tertiary/aromatic N) is 1. The first-order chi connectivity index (χ1) is 8.34. The molecule has 0 unspecified atom stereocenters. The van der Waals surface area contributed by atoms with Crippen molar-refractivity contribution in [3.63, 3.8) is 0 Å². The SMILES string of the molecule is O=C1COc2ccccc2N1CC1CCCC1. The van der Waals surface area contributed by atoms with Gasteiger partial charge < -0.3 is 9.64 Å². The van der Waals surface area contributed by atoms with Gasteiger partial charge in [0.1, 0.15) is 5.75 Å². The predicted octanol–water partition coefficient (Wildman–Crippen LogP) is 2.60. The highest BCUT2D eigenvalue weighted by Gasteiger charge is 2.28. The van der Waals surface area contributed by atoms with Crippen LogP contribution in [0.3, 0.4) is 0 Å². The van der Waals surface area contributed by atoms with Crippen LogP contribution in [-0.4, -0.2) is 19.1 Å². The number of carbonyl (C=O) groups is 1. The Morgan fingerprint density at radius 1 is 1.24 bits per heavy atom. The molecule has 17 heavy (non-hydrogen) atoms. The number of anilines is 1. The van der Waals surface area contributed by atoms with E-state index in [0.717, 1.165) is 18.0 Å². The maximum absolute atomic E-state index is 11.9. The molecule has 90 valence electrons. The second kappa shape index (κ2) is 4.40. The van der Waals surface area contributed by atoms with Crippen molar-refractivity contribution in [1.29, 1.82) is 0 Å². The number of hydrogen-bond acceptors (Lipinski definition) is 2. The van der Waals surface area contributed by atoms with Crippen molar-refractivity contribution in [2.24, 2.45) is 5.92 Å². The molecule has 0 radical (unpaired) electrons. The zero-order valence-corrected chi connectivity index (χ0v) is 9.89. The van der Waals surface area contributed by atoms with Crippen LogP contribution in [0.4, 0.5) is 5.69 Å². The van der Waals surface area contributed by atoms with E-state index < -0.39 is 0 Å². The van der Waals surface area contributed by atoms with Gasteiger partial charge in [-0.2, -0.15) is 0 Å². The van der Waals surface area contributed by atoms with Crippen LogP contribution < -0.4 is 9.64 Å². The number of carbonyl (C=O) groups excluding carboxylic acids is 1. The van der Waals surface area contributed by atoms with E-state index in [-0.39, 0.29) is 12.5 Å². The highest BCUT2D eigenvalue weighted by atomic mass is 16.5. The Morgan fingerprint density at radius 3 is 2.82 bits per heavy atom. The molecule has 1 saturated carbocycles. The summed E-state index contributed by atoms with van der Waals surface area (Å²) in [4.78, 5) is 13.9. The van der Waals surface area contributed by atoms with Gasteiger partial charge in [0.15, 0.2) is 6.61 Å². The Kier molecular flexibility index (Phi) is 2.75. The van der Waals surface area contributed by atoms with Crippen molar-refractivity contribution in [2.45, 2.75) is 25.7 Å². The van der Waals surface area contributed by atoms with Crippen molar-refractivity contribution in [1.82, 2.24) is 0 Å². The lowest BCUT2D eigenvalue weighted by Gasteiger charge is -2.31. The lowest BCUT2D eigenvalue weighted by Crippen LogP contribution is -2.41. The van der Waals surface area contributed by atoms with Crippen molar-refractivity contribution < 1.29 is 9.53 Å². The van der Waals surface area contributed by atoms with Crippen LogP contribution in [-0.2, 0) is 4.79 Å². The van der Waals surface area contributed by atoms with Gasteiger partial charge in [0, 0.05) is 6.54 Å². The van der Waals surface area contributed by atoms with Crippen LogP contribution >= 0.6 is 0 Å². The first kappa shape index (κ1) is 10.6. The van der Waals surface area contributed by atoms with Crippen molar-refractivity contribution in [3.05, 3.63) is 24.3 Å². The summed E-state index contributed by atoms with van der Waals surface area (Å²) in [6.07, 6.45) is 5.13. The van der Waals surface area contributed by atoms with Gasteiger partial charge in [-0.3, -0.25) is 4.79 Å². The van der Waals surface area contributed by atoms with Gasteiger partial charge in [-0.15, -0.1) is 0 Å². The minimum atomic E-state index is 0.0931. The third-order valence-electron chi connectivity index (χ3n) is 3.72. The highest BCUT2D eigenvalue weighted by Crippen LogP contribution is 2.34. The van der Waals surface area contributed by atoms with Crippen LogP contribution in [0.15, 0.2) is 24.3 Å². The number of benzene rings is 1. The van der Waals surface area contributed by atoms with E-state index in [4.69, 9.17) is 4.74 Å². The Hall–Kier alpha value is -1.51. The summed E-state index contributed by atoms with van der Waals surface area (Å²) in [6.45, 7) is 1.04. The van der Waals surface area contributed by atoms with E-state index in [0.29, 0.717) is 5.92 Å². The number of amides is 1. The van der Waals surface area contributed by atoms with Crippen molar-refractivity contribution >= 4 is 11.6 Å². The van der Waals surface area contributed by atoms with Gasteiger partial charge in [-0.25, -0.2) is 0 Å². The maximum atomic E-state index is 11.9. The largest absolute Gasteiger partial charge is 0.482 e.